The van der Waals surface area contributed by atoms with E-state index < -0.39 is 6.04 Å². The number of furan rings is 1. The van der Waals surface area contributed by atoms with E-state index >= 15 is 0 Å². The number of nitrogens with one attached hydrogen (secondary N) is 1. The lowest BCUT2D eigenvalue weighted by Gasteiger charge is -2.18. The highest BCUT2D eigenvalue weighted by Crippen LogP contribution is 2.33. The molecular weight excluding hydrogens is 301 g/mol. The molecule has 0 amide bonds. The molecule has 5 heteroatoms. The Morgan fingerprint density at radius 1 is 1.33 bits per heavy atom. The van der Waals surface area contributed by atoms with E-state index in [1.807, 2.05) is 0 Å². The van der Waals surface area contributed by atoms with Gasteiger partial charge in [-0.1, -0.05) is 6.07 Å². The first-order valence-electron chi connectivity index (χ1n) is 5.42. The Morgan fingerprint density at radius 2 is 2.11 bits per heavy atom. The van der Waals surface area contributed by atoms with Crippen LogP contribution in [0.5, 0.6) is 5.75 Å². The molecule has 0 radical (unpaired) electrons. The lowest BCUT2D eigenvalue weighted by atomic mass is 10.0. The van der Waals surface area contributed by atoms with Crippen LogP contribution in [0.2, 0.25) is 0 Å². The third-order valence-electron chi connectivity index (χ3n) is 2.69. The van der Waals surface area contributed by atoms with Crippen LogP contribution in [-0.4, -0.2) is 14.2 Å². The summed E-state index contributed by atoms with van der Waals surface area (Å²) in [5.74, 6) is 0.774. The lowest BCUT2D eigenvalue weighted by Crippen LogP contribution is -2.19. The van der Waals surface area contributed by atoms with E-state index in [4.69, 9.17) is 9.15 Å². The van der Waals surface area contributed by atoms with Crippen LogP contribution in [0.1, 0.15) is 17.4 Å². The van der Waals surface area contributed by atoms with Gasteiger partial charge in [0.1, 0.15) is 17.3 Å². The Bertz CT molecular complexity index is 542. The molecule has 1 heterocycles. The number of ether oxygens (including phenoxy) is 1. The molecule has 1 atom stereocenters. The minimum atomic E-state index is -0.396. The van der Waals surface area contributed by atoms with Gasteiger partial charge in [-0.15, -0.1) is 0 Å². The molecule has 0 fully saturated rings. The average molecular weight is 314 g/mol. The van der Waals surface area contributed by atoms with Crippen molar-refractivity contribution >= 4 is 15.9 Å². The molecule has 0 aliphatic heterocycles. The van der Waals surface area contributed by atoms with Crippen LogP contribution < -0.4 is 10.1 Å². The monoisotopic (exact) mass is 313 g/mol. The largest absolute Gasteiger partial charge is 0.496 e. The molecule has 3 nitrogen and oxygen atoms in total. The van der Waals surface area contributed by atoms with Gasteiger partial charge in [0.15, 0.2) is 4.67 Å². The van der Waals surface area contributed by atoms with Crippen LogP contribution in [0.15, 0.2) is 39.4 Å². The van der Waals surface area contributed by atoms with E-state index in [0.29, 0.717) is 21.7 Å². The summed E-state index contributed by atoms with van der Waals surface area (Å²) in [4.78, 5) is 0. The molecule has 0 bridgehead atoms. The second kappa shape index (κ2) is 5.54. The summed E-state index contributed by atoms with van der Waals surface area (Å²) in [5.41, 5.74) is 0.435. The Labute approximate surface area is 113 Å². The number of methoxy groups -OCH3 is 1. The molecule has 1 aromatic carbocycles. The fourth-order valence-corrected chi connectivity index (χ4v) is 2.21. The van der Waals surface area contributed by atoms with Gasteiger partial charge >= 0.3 is 0 Å². The zero-order valence-corrected chi connectivity index (χ0v) is 11.6. The summed E-state index contributed by atoms with van der Waals surface area (Å²) >= 11 is 3.24. The quantitative estimate of drug-likeness (QED) is 0.938. The van der Waals surface area contributed by atoms with Crippen molar-refractivity contribution in [1.82, 2.24) is 5.32 Å². The molecule has 0 aliphatic rings. The molecule has 1 unspecified atom stereocenters. The standard InChI is InChI=1S/C13H13BrFNO2/c1-16-13(10-6-7-11(14)18-10)12-8(15)4-3-5-9(12)17-2/h3-7,13,16H,1-2H3. The number of halogens is 2. The molecule has 0 saturated carbocycles. The molecule has 1 aromatic heterocycles. The van der Waals surface area contributed by atoms with E-state index in [0.717, 1.165) is 0 Å². The Balaban J connectivity index is 2.51. The summed E-state index contributed by atoms with van der Waals surface area (Å²) in [6.07, 6.45) is 0. The van der Waals surface area contributed by atoms with Crippen LogP contribution in [0, 0.1) is 5.82 Å². The van der Waals surface area contributed by atoms with E-state index in [2.05, 4.69) is 21.2 Å². The fraction of sp³-hybridized carbons (Fsp3) is 0.231. The van der Waals surface area contributed by atoms with Crippen molar-refractivity contribution in [3.8, 4) is 5.75 Å². The molecule has 2 aromatic rings. The van der Waals surface area contributed by atoms with Gasteiger partial charge in [-0.05, 0) is 47.2 Å². The van der Waals surface area contributed by atoms with Crippen LogP contribution >= 0.6 is 15.9 Å². The van der Waals surface area contributed by atoms with Crippen molar-refractivity contribution in [3.63, 3.8) is 0 Å². The number of benzene rings is 1. The van der Waals surface area contributed by atoms with Gasteiger partial charge in [-0.25, -0.2) is 4.39 Å². The first-order valence-corrected chi connectivity index (χ1v) is 6.21. The van der Waals surface area contributed by atoms with E-state index in [9.17, 15) is 4.39 Å². The summed E-state index contributed by atoms with van der Waals surface area (Å²) < 4.78 is 25.3. The minimum Gasteiger partial charge on any atom is -0.496 e. The average Bonchev–Trinajstić information content (AvgIpc) is 2.78. The Kier molecular flexibility index (Phi) is 4.04. The van der Waals surface area contributed by atoms with Crippen LogP contribution in [0.3, 0.4) is 0 Å². The van der Waals surface area contributed by atoms with Gasteiger partial charge < -0.3 is 14.5 Å². The van der Waals surface area contributed by atoms with Gasteiger partial charge in [0.25, 0.3) is 0 Å². The Morgan fingerprint density at radius 3 is 2.67 bits per heavy atom. The van der Waals surface area contributed by atoms with Crippen LogP contribution in [-0.2, 0) is 0 Å². The van der Waals surface area contributed by atoms with E-state index in [-0.39, 0.29) is 5.82 Å². The fourth-order valence-electron chi connectivity index (χ4n) is 1.89. The normalized spacial score (nSPS) is 12.4. The molecule has 0 spiro atoms. The topological polar surface area (TPSA) is 34.4 Å². The second-order valence-electron chi connectivity index (χ2n) is 3.72. The zero-order chi connectivity index (χ0) is 13.1. The number of hydrogen-bond acceptors (Lipinski definition) is 3. The van der Waals surface area contributed by atoms with Crippen molar-refractivity contribution in [3.05, 3.63) is 52.1 Å². The van der Waals surface area contributed by atoms with Crippen molar-refractivity contribution < 1.29 is 13.5 Å². The van der Waals surface area contributed by atoms with Crippen molar-refractivity contribution in [2.45, 2.75) is 6.04 Å². The predicted molar refractivity (Wildman–Crippen MR) is 70.3 cm³/mol. The second-order valence-corrected chi connectivity index (χ2v) is 4.50. The van der Waals surface area contributed by atoms with Crippen molar-refractivity contribution in [2.75, 3.05) is 14.2 Å². The maximum atomic E-state index is 14.0. The van der Waals surface area contributed by atoms with Gasteiger partial charge in [-0.2, -0.15) is 0 Å². The van der Waals surface area contributed by atoms with E-state index in [1.165, 1.54) is 13.2 Å². The van der Waals surface area contributed by atoms with Gasteiger partial charge in [0, 0.05) is 0 Å². The smallest absolute Gasteiger partial charge is 0.169 e. The molecule has 0 saturated heterocycles. The molecule has 96 valence electrons. The van der Waals surface area contributed by atoms with Crippen LogP contribution in [0.4, 0.5) is 4.39 Å². The molecule has 18 heavy (non-hydrogen) atoms. The molecule has 1 N–H and O–H groups in total. The maximum Gasteiger partial charge on any atom is 0.169 e. The zero-order valence-electron chi connectivity index (χ0n) is 10.0. The van der Waals surface area contributed by atoms with Crippen molar-refractivity contribution in [1.29, 1.82) is 0 Å². The highest BCUT2D eigenvalue weighted by Gasteiger charge is 2.23. The van der Waals surface area contributed by atoms with Gasteiger partial charge in [-0.3, -0.25) is 0 Å². The summed E-state index contributed by atoms with van der Waals surface area (Å²) in [7, 11) is 3.26. The van der Waals surface area contributed by atoms with Crippen molar-refractivity contribution in [2.24, 2.45) is 0 Å². The molecular formula is C13H13BrFNO2. The Hall–Kier alpha value is -1.33. The third-order valence-corrected chi connectivity index (χ3v) is 3.11. The number of hydrogen-bond donors (Lipinski definition) is 1. The summed E-state index contributed by atoms with van der Waals surface area (Å²) in [6.45, 7) is 0. The maximum absolute atomic E-state index is 14.0. The molecule has 0 aliphatic carbocycles. The summed E-state index contributed by atoms with van der Waals surface area (Å²) in [5, 5.41) is 3.03. The minimum absolute atomic E-state index is 0.332. The predicted octanol–water partition coefficient (Wildman–Crippen LogP) is 3.50. The summed E-state index contributed by atoms with van der Waals surface area (Å²) in [6, 6.07) is 7.90. The van der Waals surface area contributed by atoms with E-state index in [1.54, 1.807) is 31.3 Å². The lowest BCUT2D eigenvalue weighted by molar-refractivity contribution is 0.385. The number of rotatable bonds is 4. The van der Waals surface area contributed by atoms with Crippen LogP contribution in [0.25, 0.3) is 0 Å². The molecule has 2 rings (SSSR count). The SMILES string of the molecule is CNC(c1ccc(Br)o1)c1c(F)cccc1OC. The first kappa shape index (κ1) is 13.1. The third kappa shape index (κ3) is 2.42. The van der Waals surface area contributed by atoms with Gasteiger partial charge in [0.05, 0.1) is 18.7 Å². The highest BCUT2D eigenvalue weighted by molar-refractivity contribution is 9.10. The van der Waals surface area contributed by atoms with Gasteiger partial charge in [0.2, 0.25) is 0 Å². The highest BCUT2D eigenvalue weighted by atomic mass is 79.9. The first-order chi connectivity index (χ1) is 8.67.